The molecule has 0 radical (unpaired) electrons. The molecule has 0 aliphatic rings. The van der Waals surface area contributed by atoms with Crippen molar-refractivity contribution in [3.8, 4) is 11.8 Å². The third kappa shape index (κ3) is 3.94. The summed E-state index contributed by atoms with van der Waals surface area (Å²) in [6, 6.07) is 8.22. The molecule has 0 spiro atoms. The Balaban J connectivity index is 2.85. The molecule has 0 aliphatic heterocycles. The van der Waals surface area contributed by atoms with Crippen molar-refractivity contribution in [2.45, 2.75) is 19.5 Å². The Hall–Kier alpha value is -1.18. The van der Waals surface area contributed by atoms with Gasteiger partial charge in [-0.05, 0) is 38.4 Å². The minimum Gasteiger partial charge on any atom is -0.496 e. The summed E-state index contributed by atoms with van der Waals surface area (Å²) in [4.78, 5) is 2.27. The average Bonchev–Trinajstić information content (AvgIpc) is 2.38. The normalized spacial score (nSPS) is 12.2. The molecule has 0 saturated carbocycles. The lowest BCUT2D eigenvalue weighted by molar-refractivity contribution is 0.265. The van der Waals surface area contributed by atoms with Gasteiger partial charge in [0.05, 0.1) is 18.7 Å². The van der Waals surface area contributed by atoms with Crippen molar-refractivity contribution in [1.29, 1.82) is 5.26 Å². The highest BCUT2D eigenvalue weighted by atomic mass is 32.2. The van der Waals surface area contributed by atoms with Crippen LogP contribution in [-0.4, -0.2) is 37.1 Å². The standard InChI is InChI=1S/C14H20N2OS/c1-11(10-18-4)16(2)9-13-7-12(8-15)5-6-14(13)17-3/h5-7,11H,9-10H2,1-4H3/t11-/m0/s1. The number of benzene rings is 1. The van der Waals surface area contributed by atoms with Gasteiger partial charge < -0.3 is 4.74 Å². The molecule has 0 bridgehead atoms. The van der Waals surface area contributed by atoms with Gasteiger partial charge in [0.2, 0.25) is 0 Å². The van der Waals surface area contributed by atoms with Gasteiger partial charge in [0, 0.05) is 23.9 Å². The van der Waals surface area contributed by atoms with Gasteiger partial charge in [-0.3, -0.25) is 4.90 Å². The topological polar surface area (TPSA) is 36.3 Å². The number of rotatable bonds is 6. The van der Waals surface area contributed by atoms with Gasteiger partial charge in [-0.2, -0.15) is 17.0 Å². The van der Waals surface area contributed by atoms with Crippen molar-refractivity contribution >= 4 is 11.8 Å². The molecule has 1 aromatic carbocycles. The smallest absolute Gasteiger partial charge is 0.123 e. The lowest BCUT2D eigenvalue weighted by atomic mass is 10.1. The Kier molecular flexibility index (Phi) is 6.03. The molecule has 0 fully saturated rings. The average molecular weight is 264 g/mol. The number of thioether (sulfide) groups is 1. The summed E-state index contributed by atoms with van der Waals surface area (Å²) >= 11 is 1.84. The highest BCUT2D eigenvalue weighted by Gasteiger charge is 2.12. The van der Waals surface area contributed by atoms with Gasteiger partial charge in [0.15, 0.2) is 0 Å². The molecule has 0 aromatic heterocycles. The van der Waals surface area contributed by atoms with E-state index in [9.17, 15) is 0 Å². The second-order valence-electron chi connectivity index (χ2n) is 4.36. The fourth-order valence-electron chi connectivity index (χ4n) is 1.76. The van der Waals surface area contributed by atoms with E-state index in [1.165, 1.54) is 0 Å². The van der Waals surface area contributed by atoms with Crippen LogP contribution in [0.15, 0.2) is 18.2 Å². The lowest BCUT2D eigenvalue weighted by Gasteiger charge is -2.24. The molecule has 0 amide bonds. The number of methoxy groups -OCH3 is 1. The van der Waals surface area contributed by atoms with E-state index in [1.54, 1.807) is 13.2 Å². The molecule has 18 heavy (non-hydrogen) atoms. The Labute approximate surface area is 114 Å². The van der Waals surface area contributed by atoms with E-state index < -0.39 is 0 Å². The molecule has 0 aliphatic carbocycles. The summed E-state index contributed by atoms with van der Waals surface area (Å²) in [5.41, 5.74) is 1.74. The second-order valence-corrected chi connectivity index (χ2v) is 5.27. The van der Waals surface area contributed by atoms with E-state index >= 15 is 0 Å². The van der Waals surface area contributed by atoms with Crippen molar-refractivity contribution < 1.29 is 4.74 Å². The Morgan fingerprint density at radius 2 is 2.22 bits per heavy atom. The SMILES string of the molecule is COc1ccc(C#N)cc1CN(C)[C@@H](C)CSC. The number of nitrogens with zero attached hydrogens (tertiary/aromatic N) is 2. The molecule has 1 rings (SSSR count). The Bertz CT molecular complexity index is 428. The maximum absolute atomic E-state index is 8.95. The molecule has 0 N–H and O–H groups in total. The molecule has 0 unspecified atom stereocenters. The zero-order valence-electron chi connectivity index (χ0n) is 11.4. The van der Waals surface area contributed by atoms with Gasteiger partial charge in [-0.25, -0.2) is 0 Å². The van der Waals surface area contributed by atoms with Crippen LogP contribution in [0.4, 0.5) is 0 Å². The van der Waals surface area contributed by atoms with Crippen LogP contribution in [0.25, 0.3) is 0 Å². The van der Waals surface area contributed by atoms with Gasteiger partial charge in [0.1, 0.15) is 5.75 Å². The molecule has 4 heteroatoms. The first-order valence-electron chi connectivity index (χ1n) is 5.88. The zero-order valence-corrected chi connectivity index (χ0v) is 12.3. The van der Waals surface area contributed by atoms with E-state index in [0.717, 1.165) is 23.6 Å². The van der Waals surface area contributed by atoms with Crippen molar-refractivity contribution in [3.63, 3.8) is 0 Å². The summed E-state index contributed by atoms with van der Waals surface area (Å²) in [7, 11) is 3.76. The van der Waals surface area contributed by atoms with E-state index in [4.69, 9.17) is 10.00 Å². The molecule has 3 nitrogen and oxygen atoms in total. The summed E-state index contributed by atoms with van der Waals surface area (Å²) in [5, 5.41) is 8.95. The zero-order chi connectivity index (χ0) is 13.5. The lowest BCUT2D eigenvalue weighted by Crippen LogP contribution is -2.30. The molecule has 1 aromatic rings. The Morgan fingerprint density at radius 3 is 2.78 bits per heavy atom. The van der Waals surface area contributed by atoms with Crippen LogP contribution < -0.4 is 4.74 Å². The van der Waals surface area contributed by atoms with Gasteiger partial charge in [-0.15, -0.1) is 0 Å². The van der Waals surface area contributed by atoms with E-state index in [0.29, 0.717) is 11.6 Å². The second kappa shape index (κ2) is 7.30. The van der Waals surface area contributed by atoms with Crippen LogP contribution in [-0.2, 0) is 6.54 Å². The van der Waals surface area contributed by atoms with Crippen LogP contribution in [0.3, 0.4) is 0 Å². The fraction of sp³-hybridized carbons (Fsp3) is 0.500. The number of hydrogen-bond acceptors (Lipinski definition) is 4. The predicted molar refractivity (Wildman–Crippen MR) is 77.0 cm³/mol. The van der Waals surface area contributed by atoms with E-state index in [1.807, 2.05) is 23.9 Å². The van der Waals surface area contributed by atoms with Crippen LogP contribution in [0.2, 0.25) is 0 Å². The third-order valence-electron chi connectivity index (χ3n) is 2.99. The molecule has 0 heterocycles. The minimum absolute atomic E-state index is 0.496. The Morgan fingerprint density at radius 1 is 1.50 bits per heavy atom. The summed E-state index contributed by atoms with van der Waals surface area (Å²) in [6.07, 6.45) is 2.11. The summed E-state index contributed by atoms with van der Waals surface area (Å²) < 4.78 is 5.34. The minimum atomic E-state index is 0.496. The highest BCUT2D eigenvalue weighted by molar-refractivity contribution is 7.98. The molecule has 98 valence electrons. The fourth-order valence-corrected chi connectivity index (χ4v) is 2.50. The van der Waals surface area contributed by atoms with Crippen molar-refractivity contribution in [2.75, 3.05) is 26.2 Å². The first-order chi connectivity index (χ1) is 8.62. The van der Waals surface area contributed by atoms with Crippen molar-refractivity contribution in [1.82, 2.24) is 4.90 Å². The molecular formula is C14H20N2OS. The van der Waals surface area contributed by atoms with Crippen LogP contribution >= 0.6 is 11.8 Å². The highest BCUT2D eigenvalue weighted by Crippen LogP contribution is 2.22. The summed E-state index contributed by atoms with van der Waals surface area (Å²) in [6.45, 7) is 3.00. The maximum atomic E-state index is 8.95. The number of hydrogen-bond donors (Lipinski definition) is 0. The largest absolute Gasteiger partial charge is 0.496 e. The maximum Gasteiger partial charge on any atom is 0.123 e. The third-order valence-corrected chi connectivity index (χ3v) is 3.81. The van der Waals surface area contributed by atoms with E-state index in [-0.39, 0.29) is 0 Å². The van der Waals surface area contributed by atoms with E-state index in [2.05, 4.69) is 31.2 Å². The predicted octanol–water partition coefficient (Wildman–Crippen LogP) is 2.75. The quantitative estimate of drug-likeness (QED) is 0.791. The molecular weight excluding hydrogens is 244 g/mol. The number of nitriles is 1. The van der Waals surface area contributed by atoms with Crippen molar-refractivity contribution in [2.24, 2.45) is 0 Å². The van der Waals surface area contributed by atoms with Crippen LogP contribution in [0.5, 0.6) is 5.75 Å². The van der Waals surface area contributed by atoms with Gasteiger partial charge in [0.25, 0.3) is 0 Å². The van der Waals surface area contributed by atoms with Gasteiger partial charge >= 0.3 is 0 Å². The molecule has 0 saturated heterocycles. The van der Waals surface area contributed by atoms with Crippen molar-refractivity contribution in [3.05, 3.63) is 29.3 Å². The van der Waals surface area contributed by atoms with Crippen LogP contribution in [0.1, 0.15) is 18.1 Å². The number of ether oxygens (including phenoxy) is 1. The van der Waals surface area contributed by atoms with Gasteiger partial charge in [-0.1, -0.05) is 0 Å². The molecule has 1 atom stereocenters. The summed E-state index contributed by atoms with van der Waals surface area (Å²) in [5.74, 6) is 1.94. The monoisotopic (exact) mass is 264 g/mol. The van der Waals surface area contributed by atoms with Crippen LogP contribution in [0, 0.1) is 11.3 Å². The first-order valence-corrected chi connectivity index (χ1v) is 7.28. The first kappa shape index (κ1) is 14.9.